The second-order valence-corrected chi connectivity index (χ2v) is 5.05. The van der Waals surface area contributed by atoms with Crippen molar-refractivity contribution >= 4 is 11.5 Å². The highest BCUT2D eigenvalue weighted by molar-refractivity contribution is 5.45. The Hall–Kier alpha value is -2.64. The van der Waals surface area contributed by atoms with Crippen LogP contribution < -0.4 is 10.5 Å². The van der Waals surface area contributed by atoms with Gasteiger partial charge in [-0.1, -0.05) is 5.21 Å². The first-order valence-corrected chi connectivity index (χ1v) is 6.60. The highest BCUT2D eigenvalue weighted by Crippen LogP contribution is 2.42. The second kappa shape index (κ2) is 5.04. The fourth-order valence-electron chi connectivity index (χ4n) is 2.39. The molecule has 0 amide bonds. The van der Waals surface area contributed by atoms with Gasteiger partial charge in [0.05, 0.1) is 24.3 Å². The Labute approximate surface area is 120 Å². The predicted octanol–water partition coefficient (Wildman–Crippen LogP) is 1.70. The number of methoxy groups -OCH3 is 1. The second-order valence-electron chi connectivity index (χ2n) is 5.05. The molecule has 0 bridgehead atoms. The van der Waals surface area contributed by atoms with E-state index in [4.69, 9.17) is 10.5 Å². The van der Waals surface area contributed by atoms with Gasteiger partial charge in [0.1, 0.15) is 5.75 Å². The van der Waals surface area contributed by atoms with Crippen LogP contribution in [0.1, 0.15) is 30.0 Å². The average molecular weight is 289 g/mol. The molecule has 0 radical (unpaired) electrons. The van der Waals surface area contributed by atoms with Crippen LogP contribution in [-0.2, 0) is 6.54 Å². The molecule has 1 heterocycles. The molecule has 2 aromatic rings. The molecular weight excluding hydrogens is 274 g/mol. The summed E-state index contributed by atoms with van der Waals surface area (Å²) < 4.78 is 6.96. The van der Waals surface area contributed by atoms with Gasteiger partial charge in [-0.3, -0.25) is 10.1 Å². The standard InChI is InChI=1S/C13H15N5O3/c1-21-11-5-4-10(18(19)20)6-9(11)7-17-12(8-2-3-8)13(14)15-16-17/h4-6,8H,2-3,7,14H2,1H3. The number of nitro benzene ring substituents is 1. The molecule has 1 aromatic carbocycles. The highest BCUT2D eigenvalue weighted by atomic mass is 16.6. The summed E-state index contributed by atoms with van der Waals surface area (Å²) in [6, 6.07) is 4.50. The van der Waals surface area contributed by atoms with E-state index < -0.39 is 4.92 Å². The Morgan fingerprint density at radius 2 is 2.29 bits per heavy atom. The van der Waals surface area contributed by atoms with Crippen LogP contribution in [0.25, 0.3) is 0 Å². The van der Waals surface area contributed by atoms with Gasteiger partial charge >= 0.3 is 0 Å². The van der Waals surface area contributed by atoms with Gasteiger partial charge in [0.25, 0.3) is 5.69 Å². The molecule has 0 spiro atoms. The number of nitrogens with zero attached hydrogens (tertiary/aromatic N) is 4. The maximum Gasteiger partial charge on any atom is 0.270 e. The van der Waals surface area contributed by atoms with Gasteiger partial charge in [0, 0.05) is 23.6 Å². The molecule has 2 N–H and O–H groups in total. The van der Waals surface area contributed by atoms with Crippen molar-refractivity contribution in [3.8, 4) is 5.75 Å². The van der Waals surface area contributed by atoms with E-state index in [2.05, 4.69) is 10.3 Å². The van der Waals surface area contributed by atoms with Gasteiger partial charge in [-0.15, -0.1) is 5.10 Å². The normalized spacial score (nSPS) is 14.1. The quantitative estimate of drug-likeness (QED) is 0.662. The average Bonchev–Trinajstić information content (AvgIpc) is 3.23. The van der Waals surface area contributed by atoms with Gasteiger partial charge in [0.15, 0.2) is 5.82 Å². The fourth-order valence-corrected chi connectivity index (χ4v) is 2.39. The van der Waals surface area contributed by atoms with Crippen LogP contribution >= 0.6 is 0 Å². The summed E-state index contributed by atoms with van der Waals surface area (Å²) in [5.41, 5.74) is 7.46. The molecule has 0 aliphatic heterocycles. The molecule has 110 valence electrons. The molecule has 21 heavy (non-hydrogen) atoms. The Bertz CT molecular complexity index is 693. The summed E-state index contributed by atoms with van der Waals surface area (Å²) in [7, 11) is 1.53. The summed E-state index contributed by atoms with van der Waals surface area (Å²) >= 11 is 0. The lowest BCUT2D eigenvalue weighted by Crippen LogP contribution is -2.08. The minimum atomic E-state index is -0.430. The van der Waals surface area contributed by atoms with Crippen molar-refractivity contribution in [3.63, 3.8) is 0 Å². The molecule has 0 unspecified atom stereocenters. The zero-order valence-electron chi connectivity index (χ0n) is 11.5. The number of ether oxygens (including phenoxy) is 1. The first kappa shape index (κ1) is 13.3. The number of hydrogen-bond donors (Lipinski definition) is 1. The maximum atomic E-state index is 10.9. The Balaban J connectivity index is 1.97. The number of non-ortho nitro benzene ring substituents is 1. The highest BCUT2D eigenvalue weighted by Gasteiger charge is 2.30. The number of anilines is 1. The van der Waals surface area contributed by atoms with E-state index >= 15 is 0 Å². The minimum Gasteiger partial charge on any atom is -0.496 e. The van der Waals surface area contributed by atoms with Gasteiger partial charge < -0.3 is 10.5 Å². The zero-order valence-corrected chi connectivity index (χ0v) is 11.5. The van der Waals surface area contributed by atoms with Gasteiger partial charge in [-0.25, -0.2) is 4.68 Å². The SMILES string of the molecule is COc1ccc([N+](=O)[O-])cc1Cn1nnc(N)c1C1CC1. The summed E-state index contributed by atoms with van der Waals surface area (Å²) in [5, 5.41) is 18.8. The third kappa shape index (κ3) is 2.51. The lowest BCUT2D eigenvalue weighted by molar-refractivity contribution is -0.384. The number of nitrogen functional groups attached to an aromatic ring is 1. The first-order valence-electron chi connectivity index (χ1n) is 6.60. The van der Waals surface area contributed by atoms with Crippen molar-refractivity contribution in [2.45, 2.75) is 25.3 Å². The van der Waals surface area contributed by atoms with Crippen molar-refractivity contribution in [1.29, 1.82) is 0 Å². The van der Waals surface area contributed by atoms with E-state index in [1.165, 1.54) is 19.2 Å². The summed E-state index contributed by atoms with van der Waals surface area (Å²) in [4.78, 5) is 10.5. The summed E-state index contributed by atoms with van der Waals surface area (Å²) in [6.45, 7) is 0.348. The van der Waals surface area contributed by atoms with Crippen LogP contribution in [0.15, 0.2) is 18.2 Å². The van der Waals surface area contributed by atoms with Crippen LogP contribution in [0.2, 0.25) is 0 Å². The van der Waals surface area contributed by atoms with Crippen molar-refractivity contribution in [2.75, 3.05) is 12.8 Å². The lowest BCUT2D eigenvalue weighted by atomic mass is 10.1. The van der Waals surface area contributed by atoms with Gasteiger partial charge in [-0.05, 0) is 18.9 Å². The molecule has 1 aliphatic carbocycles. The molecule has 1 aliphatic rings. The Morgan fingerprint density at radius 1 is 1.52 bits per heavy atom. The molecule has 8 heteroatoms. The number of nitrogens with two attached hydrogens (primary N) is 1. The summed E-state index contributed by atoms with van der Waals surface area (Å²) in [6.07, 6.45) is 2.15. The lowest BCUT2D eigenvalue weighted by Gasteiger charge is -2.10. The zero-order chi connectivity index (χ0) is 15.0. The van der Waals surface area contributed by atoms with Crippen LogP contribution in [0.5, 0.6) is 5.75 Å². The van der Waals surface area contributed by atoms with E-state index in [0.29, 0.717) is 29.6 Å². The minimum absolute atomic E-state index is 0.0202. The van der Waals surface area contributed by atoms with E-state index in [1.54, 1.807) is 10.7 Å². The van der Waals surface area contributed by atoms with Crippen molar-refractivity contribution in [3.05, 3.63) is 39.6 Å². The van der Waals surface area contributed by atoms with E-state index in [-0.39, 0.29) is 5.69 Å². The van der Waals surface area contributed by atoms with E-state index in [9.17, 15) is 10.1 Å². The smallest absolute Gasteiger partial charge is 0.270 e. The Morgan fingerprint density at radius 3 is 2.90 bits per heavy atom. The van der Waals surface area contributed by atoms with Crippen LogP contribution in [0, 0.1) is 10.1 Å². The number of hydrogen-bond acceptors (Lipinski definition) is 6. The van der Waals surface area contributed by atoms with E-state index in [0.717, 1.165) is 18.5 Å². The monoisotopic (exact) mass is 289 g/mol. The molecule has 1 aromatic heterocycles. The van der Waals surface area contributed by atoms with Crippen LogP contribution in [0.3, 0.4) is 0 Å². The van der Waals surface area contributed by atoms with Gasteiger partial charge in [-0.2, -0.15) is 0 Å². The number of nitro groups is 1. The fraction of sp³-hybridized carbons (Fsp3) is 0.385. The van der Waals surface area contributed by atoms with Crippen molar-refractivity contribution in [1.82, 2.24) is 15.0 Å². The molecule has 0 saturated heterocycles. The number of aromatic nitrogens is 3. The topological polar surface area (TPSA) is 109 Å². The Kier molecular flexibility index (Phi) is 3.20. The largest absolute Gasteiger partial charge is 0.496 e. The van der Waals surface area contributed by atoms with Crippen molar-refractivity contribution in [2.24, 2.45) is 0 Å². The first-order chi connectivity index (χ1) is 10.1. The molecule has 8 nitrogen and oxygen atoms in total. The third-order valence-electron chi connectivity index (χ3n) is 3.56. The molecule has 0 atom stereocenters. The number of benzene rings is 1. The summed E-state index contributed by atoms with van der Waals surface area (Å²) in [5.74, 6) is 1.41. The third-order valence-corrected chi connectivity index (χ3v) is 3.56. The van der Waals surface area contributed by atoms with E-state index in [1.807, 2.05) is 0 Å². The molecule has 1 saturated carbocycles. The molecule has 3 rings (SSSR count). The van der Waals surface area contributed by atoms with Crippen molar-refractivity contribution < 1.29 is 9.66 Å². The molecule has 1 fully saturated rings. The number of rotatable bonds is 5. The van der Waals surface area contributed by atoms with Crippen LogP contribution in [-0.4, -0.2) is 27.0 Å². The van der Waals surface area contributed by atoms with Gasteiger partial charge in [0.2, 0.25) is 0 Å². The van der Waals surface area contributed by atoms with Crippen LogP contribution in [0.4, 0.5) is 11.5 Å². The predicted molar refractivity (Wildman–Crippen MR) is 75.2 cm³/mol. The maximum absolute atomic E-state index is 10.9. The molecular formula is C13H15N5O3.